The summed E-state index contributed by atoms with van der Waals surface area (Å²) < 4.78 is 0. The summed E-state index contributed by atoms with van der Waals surface area (Å²) in [7, 11) is 0. The fourth-order valence-corrected chi connectivity index (χ4v) is 9.66. The Morgan fingerprint density at radius 1 is 0.900 bits per heavy atom. The fourth-order valence-electron chi connectivity index (χ4n) is 9.66. The van der Waals surface area contributed by atoms with Crippen LogP contribution in [0.5, 0.6) is 0 Å². The van der Waals surface area contributed by atoms with Crippen LogP contribution in [0, 0.1) is 52.3 Å². The van der Waals surface area contributed by atoms with Crippen molar-refractivity contribution in [3.8, 4) is 0 Å². The third kappa shape index (κ3) is 3.99. The van der Waals surface area contributed by atoms with Gasteiger partial charge in [0.1, 0.15) is 0 Å². The highest BCUT2D eigenvalue weighted by Gasteiger charge is 2.59. The van der Waals surface area contributed by atoms with Crippen molar-refractivity contribution in [1.82, 2.24) is 0 Å². The summed E-state index contributed by atoms with van der Waals surface area (Å²) in [4.78, 5) is 10.9. The van der Waals surface area contributed by atoms with Gasteiger partial charge in [0.25, 0.3) is 0 Å². The van der Waals surface area contributed by atoms with Gasteiger partial charge in [0.05, 0.1) is 0 Å². The third-order valence-corrected chi connectivity index (χ3v) is 11.2. The molecule has 1 N–H and O–H groups in total. The quantitative estimate of drug-likeness (QED) is 0.457. The average Bonchev–Trinajstić information content (AvgIpc) is 3.04. The van der Waals surface area contributed by atoms with Gasteiger partial charge in [-0.2, -0.15) is 0 Å². The number of aliphatic carboxylic acids is 1. The molecule has 4 rings (SSSR count). The van der Waals surface area contributed by atoms with Crippen molar-refractivity contribution >= 4 is 5.97 Å². The standard InChI is InChI=1S/C28H48O2/c1-19(18-26(29)30)8-7-9-20(2)23-13-14-24-22-12-11-21-10-5-6-16-27(21,3)25(22)15-17-28(23,24)4/h19-25H,5-18H2,1-4H3,(H,29,30)/t19?,20-,21?,22+,23-,24+,25+,27+,28-/m1/s1. The third-order valence-electron chi connectivity index (χ3n) is 11.2. The van der Waals surface area contributed by atoms with Crippen LogP contribution in [-0.4, -0.2) is 11.1 Å². The smallest absolute Gasteiger partial charge is 0.303 e. The Bertz CT molecular complexity index is 614. The van der Waals surface area contributed by atoms with E-state index in [1.807, 2.05) is 0 Å². The monoisotopic (exact) mass is 416 g/mol. The van der Waals surface area contributed by atoms with E-state index >= 15 is 0 Å². The van der Waals surface area contributed by atoms with Crippen molar-refractivity contribution < 1.29 is 9.90 Å². The van der Waals surface area contributed by atoms with Crippen LogP contribution in [0.15, 0.2) is 0 Å². The summed E-state index contributed by atoms with van der Waals surface area (Å²) in [6.07, 6.45) is 18.9. The zero-order chi connectivity index (χ0) is 21.5. The lowest BCUT2D eigenvalue weighted by Crippen LogP contribution is -2.53. The summed E-state index contributed by atoms with van der Waals surface area (Å²) >= 11 is 0. The molecule has 2 nitrogen and oxygen atoms in total. The highest BCUT2D eigenvalue weighted by atomic mass is 16.4. The number of fused-ring (bicyclic) bond motifs is 5. The van der Waals surface area contributed by atoms with Crippen LogP contribution in [0.1, 0.15) is 118 Å². The molecule has 0 aromatic carbocycles. The summed E-state index contributed by atoms with van der Waals surface area (Å²) in [5.74, 6) is 5.42. The van der Waals surface area contributed by atoms with Gasteiger partial charge >= 0.3 is 5.97 Å². The topological polar surface area (TPSA) is 37.3 Å². The van der Waals surface area contributed by atoms with Gasteiger partial charge in [0.2, 0.25) is 0 Å². The van der Waals surface area contributed by atoms with E-state index < -0.39 is 5.97 Å². The second kappa shape index (κ2) is 8.78. The van der Waals surface area contributed by atoms with Crippen molar-refractivity contribution in [2.75, 3.05) is 0 Å². The predicted octanol–water partition coefficient (Wildman–Crippen LogP) is 7.95. The van der Waals surface area contributed by atoms with Gasteiger partial charge in [-0.3, -0.25) is 4.79 Å². The van der Waals surface area contributed by atoms with Crippen molar-refractivity contribution in [2.45, 2.75) is 118 Å². The first kappa shape index (κ1) is 22.7. The lowest BCUT2D eigenvalue weighted by molar-refractivity contribution is -0.138. The number of hydrogen-bond donors (Lipinski definition) is 1. The molecule has 0 bridgehead atoms. The minimum Gasteiger partial charge on any atom is -0.481 e. The molecule has 0 saturated heterocycles. The molecule has 0 aromatic rings. The van der Waals surface area contributed by atoms with E-state index in [0.29, 0.717) is 23.2 Å². The molecule has 4 aliphatic carbocycles. The lowest BCUT2D eigenvalue weighted by atomic mass is 9.44. The summed E-state index contributed by atoms with van der Waals surface area (Å²) in [5, 5.41) is 9.01. The molecule has 0 spiro atoms. The Balaban J connectivity index is 1.38. The van der Waals surface area contributed by atoms with Crippen LogP contribution >= 0.6 is 0 Å². The van der Waals surface area contributed by atoms with Gasteiger partial charge in [-0.1, -0.05) is 59.8 Å². The Kier molecular flexibility index (Phi) is 6.63. The molecule has 0 radical (unpaired) electrons. The highest BCUT2D eigenvalue weighted by molar-refractivity contribution is 5.66. The Hall–Kier alpha value is -0.530. The fraction of sp³-hybridized carbons (Fsp3) is 0.964. The first-order chi connectivity index (χ1) is 14.3. The molecular formula is C28H48O2. The molecule has 0 amide bonds. The van der Waals surface area contributed by atoms with E-state index in [1.54, 1.807) is 0 Å². The van der Waals surface area contributed by atoms with Crippen LogP contribution < -0.4 is 0 Å². The molecule has 30 heavy (non-hydrogen) atoms. The molecule has 4 saturated carbocycles. The van der Waals surface area contributed by atoms with Gasteiger partial charge < -0.3 is 5.11 Å². The highest BCUT2D eigenvalue weighted by Crippen LogP contribution is 2.68. The largest absolute Gasteiger partial charge is 0.481 e. The first-order valence-corrected chi connectivity index (χ1v) is 13.5. The molecule has 2 heteroatoms. The molecule has 0 heterocycles. The average molecular weight is 417 g/mol. The lowest BCUT2D eigenvalue weighted by Gasteiger charge is -2.61. The van der Waals surface area contributed by atoms with E-state index in [-0.39, 0.29) is 0 Å². The van der Waals surface area contributed by atoms with Crippen LogP contribution in [-0.2, 0) is 4.79 Å². The van der Waals surface area contributed by atoms with Gasteiger partial charge in [-0.25, -0.2) is 0 Å². The minimum absolute atomic E-state index is 0.323. The second-order valence-electron chi connectivity index (χ2n) is 12.7. The van der Waals surface area contributed by atoms with Crippen molar-refractivity contribution in [1.29, 1.82) is 0 Å². The SMILES string of the molecule is CC(CCC[C@@H](C)[C@H]1CC[C@H]2[C@@H]3CCC4CCCC[C@]4(C)[C@H]3CC[C@]12C)CC(=O)O. The molecular weight excluding hydrogens is 368 g/mol. The van der Waals surface area contributed by atoms with Crippen molar-refractivity contribution in [2.24, 2.45) is 52.3 Å². The predicted molar refractivity (Wildman–Crippen MR) is 124 cm³/mol. The summed E-state index contributed by atoms with van der Waals surface area (Å²) in [6, 6.07) is 0. The van der Waals surface area contributed by atoms with Crippen LogP contribution in [0.4, 0.5) is 0 Å². The van der Waals surface area contributed by atoms with Crippen LogP contribution in [0.2, 0.25) is 0 Å². The molecule has 9 atom stereocenters. The number of rotatable bonds is 7. The first-order valence-electron chi connectivity index (χ1n) is 13.5. The van der Waals surface area contributed by atoms with E-state index in [2.05, 4.69) is 27.7 Å². The molecule has 4 aliphatic rings. The van der Waals surface area contributed by atoms with E-state index in [0.717, 1.165) is 41.9 Å². The normalized spacial score (nSPS) is 45.1. The van der Waals surface area contributed by atoms with Gasteiger partial charge in [-0.05, 0) is 104 Å². The number of carbonyl (C=O) groups is 1. The van der Waals surface area contributed by atoms with E-state index in [9.17, 15) is 4.79 Å². The van der Waals surface area contributed by atoms with Gasteiger partial charge in [0, 0.05) is 6.42 Å². The molecule has 172 valence electrons. The van der Waals surface area contributed by atoms with Gasteiger partial charge in [0.15, 0.2) is 0 Å². The zero-order valence-electron chi connectivity index (χ0n) is 20.3. The van der Waals surface area contributed by atoms with E-state index in [1.165, 1.54) is 77.0 Å². The molecule has 2 unspecified atom stereocenters. The van der Waals surface area contributed by atoms with Gasteiger partial charge in [-0.15, -0.1) is 0 Å². The van der Waals surface area contributed by atoms with Crippen molar-refractivity contribution in [3.05, 3.63) is 0 Å². The number of carboxylic acids is 1. The summed E-state index contributed by atoms with van der Waals surface area (Å²) in [5.41, 5.74) is 1.23. The molecule has 0 aliphatic heterocycles. The second-order valence-corrected chi connectivity index (χ2v) is 12.7. The maximum Gasteiger partial charge on any atom is 0.303 e. The summed E-state index contributed by atoms with van der Waals surface area (Å²) in [6.45, 7) is 10.0. The Morgan fingerprint density at radius 2 is 1.67 bits per heavy atom. The van der Waals surface area contributed by atoms with Crippen molar-refractivity contribution in [3.63, 3.8) is 0 Å². The Labute approximate surface area is 186 Å². The van der Waals surface area contributed by atoms with Crippen LogP contribution in [0.3, 0.4) is 0 Å². The minimum atomic E-state index is -0.639. The molecule has 0 aromatic heterocycles. The maximum atomic E-state index is 10.9. The molecule has 4 fully saturated rings. The van der Waals surface area contributed by atoms with E-state index in [4.69, 9.17) is 5.11 Å². The van der Waals surface area contributed by atoms with Crippen LogP contribution in [0.25, 0.3) is 0 Å². The number of hydrogen-bond acceptors (Lipinski definition) is 1. The maximum absolute atomic E-state index is 10.9. The Morgan fingerprint density at radius 3 is 2.43 bits per heavy atom. The number of carboxylic acid groups (broad SMARTS) is 1. The zero-order valence-corrected chi connectivity index (χ0v) is 20.3.